The van der Waals surface area contributed by atoms with Crippen LogP contribution in [0.4, 0.5) is 0 Å². The number of aromatic nitrogens is 2. The molecule has 0 unspecified atom stereocenters. The lowest BCUT2D eigenvalue weighted by atomic mass is 9.72. The molecule has 4 aliphatic carbocycles. The quantitative estimate of drug-likeness (QED) is 0.136. The van der Waals surface area contributed by atoms with E-state index >= 15 is 0 Å². The molecule has 10 rings (SSSR count). The highest BCUT2D eigenvalue weighted by Crippen LogP contribution is 2.59. The van der Waals surface area contributed by atoms with Gasteiger partial charge in [-0.25, -0.2) is 9.97 Å². The van der Waals surface area contributed by atoms with Crippen LogP contribution in [0.15, 0.2) is 83.9 Å². The Bertz CT molecular complexity index is 2290. The molecule has 0 saturated heterocycles. The summed E-state index contributed by atoms with van der Waals surface area (Å²) in [5.41, 5.74) is 3.62. The van der Waals surface area contributed by atoms with Gasteiger partial charge in [-0.15, -0.1) is 22.7 Å². The van der Waals surface area contributed by atoms with Gasteiger partial charge in [0.05, 0.1) is 37.7 Å². The van der Waals surface area contributed by atoms with E-state index in [2.05, 4.69) is 0 Å². The molecule has 2 aromatic heterocycles. The van der Waals surface area contributed by atoms with E-state index in [1.54, 1.807) is 12.2 Å². The van der Waals surface area contributed by atoms with E-state index < -0.39 is 0 Å². The Balaban J connectivity index is 1.05. The van der Waals surface area contributed by atoms with Gasteiger partial charge in [-0.05, 0) is 70.8 Å². The fourth-order valence-electron chi connectivity index (χ4n) is 8.02. The molecule has 1 spiro atoms. The average Bonchev–Trinajstić information content (AvgIpc) is 3.88. The van der Waals surface area contributed by atoms with Crippen molar-refractivity contribution in [3.63, 3.8) is 0 Å². The van der Waals surface area contributed by atoms with Crippen molar-refractivity contribution in [3.05, 3.63) is 128 Å². The van der Waals surface area contributed by atoms with Gasteiger partial charge in [0.2, 0.25) is 0 Å². The third-order valence-electron chi connectivity index (χ3n) is 10.4. The smallest absolute Gasteiger partial charge is 0.197 e. The molecule has 0 radical (unpaired) electrons. The second-order valence-electron chi connectivity index (χ2n) is 13.0. The van der Waals surface area contributed by atoms with E-state index in [9.17, 15) is 19.2 Å². The Morgan fingerprint density at radius 1 is 0.521 bits per heavy atom. The van der Waals surface area contributed by atoms with Crippen LogP contribution in [0.25, 0.3) is 43.5 Å². The fourth-order valence-corrected chi connectivity index (χ4v) is 10.4. The molecule has 4 aliphatic rings. The fraction of sp³-hybridized carbons (Fsp3) is 0.150. The summed E-state index contributed by atoms with van der Waals surface area (Å²) in [6.07, 6.45) is 8.35. The predicted molar refractivity (Wildman–Crippen MR) is 188 cm³/mol. The lowest BCUT2D eigenvalue weighted by Gasteiger charge is -2.32. The third-order valence-corrected chi connectivity index (χ3v) is 12.5. The average molecular weight is 661 g/mol. The number of nitrogens with zero attached hydrogens (tertiary/aromatic N) is 2. The second kappa shape index (κ2) is 9.92. The van der Waals surface area contributed by atoms with Crippen molar-refractivity contribution >= 4 is 79.5 Å². The van der Waals surface area contributed by atoms with Gasteiger partial charge in [-0.1, -0.05) is 67.8 Å². The number of carbonyl (C=O) groups excluding carboxylic acids is 4. The molecule has 0 amide bonds. The number of hydrogen-bond donors (Lipinski definition) is 0. The van der Waals surface area contributed by atoms with Crippen LogP contribution in [0.3, 0.4) is 0 Å². The summed E-state index contributed by atoms with van der Waals surface area (Å²) >= 11 is 2.95. The van der Waals surface area contributed by atoms with E-state index in [-0.39, 0.29) is 39.7 Å². The van der Waals surface area contributed by atoms with Crippen molar-refractivity contribution in [3.8, 4) is 9.75 Å². The molecule has 48 heavy (non-hydrogen) atoms. The molecular weight excluding hydrogens is 637 g/mol. The highest BCUT2D eigenvalue weighted by Gasteiger charge is 2.49. The van der Waals surface area contributed by atoms with Gasteiger partial charge < -0.3 is 0 Å². The number of fused-ring (bicyclic) bond motifs is 9. The molecule has 6 nitrogen and oxygen atoms in total. The predicted octanol–water partition coefficient (Wildman–Crippen LogP) is 9.06. The van der Waals surface area contributed by atoms with Gasteiger partial charge in [-0.2, -0.15) is 0 Å². The van der Waals surface area contributed by atoms with Crippen molar-refractivity contribution in [2.45, 2.75) is 37.5 Å². The molecular formula is C40H24N2O4S2. The zero-order valence-corrected chi connectivity index (χ0v) is 27.1. The largest absolute Gasteiger partial charge is 0.288 e. The third kappa shape index (κ3) is 3.78. The van der Waals surface area contributed by atoms with E-state index in [1.165, 1.54) is 22.7 Å². The maximum Gasteiger partial charge on any atom is 0.197 e. The van der Waals surface area contributed by atoms with Crippen molar-refractivity contribution in [2.75, 3.05) is 0 Å². The molecule has 0 bridgehead atoms. The van der Waals surface area contributed by atoms with Crippen LogP contribution in [0.2, 0.25) is 0 Å². The Morgan fingerprint density at radius 3 is 1.23 bits per heavy atom. The van der Waals surface area contributed by atoms with E-state index in [0.29, 0.717) is 32.3 Å². The minimum absolute atomic E-state index is 0.144. The molecule has 0 atom stereocenters. The summed E-state index contributed by atoms with van der Waals surface area (Å²) in [4.78, 5) is 66.2. The lowest BCUT2D eigenvalue weighted by molar-refractivity contribution is 0.0975. The van der Waals surface area contributed by atoms with Gasteiger partial charge >= 0.3 is 0 Å². The molecule has 230 valence electrons. The van der Waals surface area contributed by atoms with Crippen LogP contribution in [-0.4, -0.2) is 33.1 Å². The minimum atomic E-state index is -0.363. The number of thiazole rings is 2. The van der Waals surface area contributed by atoms with Crippen molar-refractivity contribution in [2.24, 2.45) is 0 Å². The normalized spacial score (nSPS) is 17.4. The first kappa shape index (κ1) is 27.9. The SMILES string of the molecule is O=C1C(=Cc2nc3c(s2)-c2sc(C=C4C(=O)c5cc6ccccc6cc5C4=O)nc2C32CCCCC2)C(=O)c2cc3ccccc3cc21. The highest BCUT2D eigenvalue weighted by molar-refractivity contribution is 7.23. The monoisotopic (exact) mass is 660 g/mol. The zero-order chi connectivity index (χ0) is 32.3. The first-order valence-electron chi connectivity index (χ1n) is 16.1. The van der Waals surface area contributed by atoms with Crippen LogP contribution in [0, 0.1) is 0 Å². The highest BCUT2D eigenvalue weighted by atomic mass is 32.1. The first-order chi connectivity index (χ1) is 23.4. The van der Waals surface area contributed by atoms with Crippen LogP contribution >= 0.6 is 22.7 Å². The Morgan fingerprint density at radius 2 is 0.875 bits per heavy atom. The van der Waals surface area contributed by atoms with Gasteiger partial charge in [0, 0.05) is 22.3 Å². The lowest BCUT2D eigenvalue weighted by Crippen LogP contribution is -2.29. The van der Waals surface area contributed by atoms with E-state index in [0.717, 1.165) is 74.8 Å². The second-order valence-corrected chi connectivity index (χ2v) is 15.1. The first-order valence-corrected chi connectivity index (χ1v) is 17.7. The molecule has 1 saturated carbocycles. The molecule has 0 aliphatic heterocycles. The Hall–Kier alpha value is -5.18. The molecule has 8 heteroatoms. The van der Waals surface area contributed by atoms with Gasteiger partial charge in [0.25, 0.3) is 0 Å². The van der Waals surface area contributed by atoms with Crippen molar-refractivity contribution in [1.29, 1.82) is 0 Å². The van der Waals surface area contributed by atoms with E-state index in [1.807, 2.05) is 72.8 Å². The standard InChI is InChI=1S/C40H24N2O4S2/c43-32-24-14-20-8-2-3-9-21(20)15-25(24)33(44)28(32)18-30-41-38-36(47-30)37-39(40(38)12-6-1-7-13-40)42-31(48-37)19-29-34(45)26-16-22-10-4-5-11-23(22)17-27(26)35(29)46/h2-5,8-11,14-19H,1,6-7,12-13H2. The maximum atomic E-state index is 13.5. The summed E-state index contributed by atoms with van der Waals surface area (Å²) in [6, 6.07) is 22.7. The van der Waals surface area contributed by atoms with Crippen LogP contribution in [-0.2, 0) is 5.41 Å². The molecule has 6 aromatic rings. The minimum Gasteiger partial charge on any atom is -0.288 e. The molecule has 2 heterocycles. The summed E-state index contributed by atoms with van der Waals surface area (Å²) in [6.45, 7) is 0. The van der Waals surface area contributed by atoms with Crippen molar-refractivity contribution in [1.82, 2.24) is 9.97 Å². The van der Waals surface area contributed by atoms with Crippen molar-refractivity contribution < 1.29 is 19.2 Å². The molecule has 0 N–H and O–H groups in total. The van der Waals surface area contributed by atoms with Crippen LogP contribution < -0.4 is 0 Å². The number of allylic oxidation sites excluding steroid dienone is 2. The summed E-state index contributed by atoms with van der Waals surface area (Å²) in [7, 11) is 0. The Kier molecular flexibility index (Phi) is 5.76. The summed E-state index contributed by atoms with van der Waals surface area (Å²) in [5, 5.41) is 4.95. The number of benzene rings is 4. The van der Waals surface area contributed by atoms with E-state index in [4.69, 9.17) is 9.97 Å². The zero-order valence-electron chi connectivity index (χ0n) is 25.5. The summed E-state index contributed by atoms with van der Waals surface area (Å²) < 4.78 is 0. The van der Waals surface area contributed by atoms with Crippen LogP contribution in [0.1, 0.15) is 94.9 Å². The molecule has 4 aromatic carbocycles. The van der Waals surface area contributed by atoms with Crippen LogP contribution in [0.5, 0.6) is 0 Å². The number of rotatable bonds is 2. The topological polar surface area (TPSA) is 94.1 Å². The van der Waals surface area contributed by atoms with Gasteiger partial charge in [0.15, 0.2) is 23.1 Å². The Labute approximate surface area is 282 Å². The number of carbonyl (C=O) groups is 4. The summed E-state index contributed by atoms with van der Waals surface area (Å²) in [5.74, 6) is -1.07. The molecule has 1 fully saturated rings. The number of Topliss-reactive ketones (excluding diaryl/α,β-unsaturated/α-hetero) is 4. The number of ketones is 4. The number of hydrogen-bond acceptors (Lipinski definition) is 8. The maximum absolute atomic E-state index is 13.5. The van der Waals surface area contributed by atoms with Gasteiger partial charge in [-0.3, -0.25) is 19.2 Å². The van der Waals surface area contributed by atoms with Gasteiger partial charge in [0.1, 0.15) is 10.0 Å².